The maximum Gasteiger partial charge on any atom is 0.0937 e. The topological polar surface area (TPSA) is 53.0 Å². The molecule has 1 aliphatic carbocycles. The van der Waals surface area contributed by atoms with Crippen molar-refractivity contribution in [3.8, 4) is 0 Å². The molecule has 0 aromatic rings. The van der Waals surface area contributed by atoms with Gasteiger partial charge in [0, 0.05) is 0 Å². The van der Waals surface area contributed by atoms with Crippen molar-refractivity contribution in [2.24, 2.45) is 0 Å². The summed E-state index contributed by atoms with van der Waals surface area (Å²) in [6, 6.07) is 0. The minimum Gasteiger partial charge on any atom is -0.392 e. The van der Waals surface area contributed by atoms with Gasteiger partial charge in [-0.15, -0.1) is 0 Å². The summed E-state index contributed by atoms with van der Waals surface area (Å²) >= 11 is 0. The van der Waals surface area contributed by atoms with Crippen LogP contribution in [0.25, 0.3) is 0 Å². The summed E-state index contributed by atoms with van der Waals surface area (Å²) in [7, 11) is 0. The van der Waals surface area contributed by atoms with Crippen LogP contribution >= 0.6 is 0 Å². The lowest BCUT2D eigenvalue weighted by Gasteiger charge is -2.17. The molecular formula is C20H32O3. The van der Waals surface area contributed by atoms with Gasteiger partial charge < -0.3 is 14.9 Å². The molecule has 2 aliphatic rings. The van der Waals surface area contributed by atoms with E-state index in [0.717, 1.165) is 49.7 Å². The van der Waals surface area contributed by atoms with Crippen molar-refractivity contribution >= 4 is 0 Å². The summed E-state index contributed by atoms with van der Waals surface area (Å²) in [5.74, 6) is 0. The summed E-state index contributed by atoms with van der Waals surface area (Å²) < 4.78 is 5.91. The highest BCUT2D eigenvalue weighted by atomic mass is 16.6. The van der Waals surface area contributed by atoms with Gasteiger partial charge in [0.05, 0.1) is 24.4 Å². The Hall–Kier alpha value is -0.900. The molecule has 3 nitrogen and oxygen atoms in total. The normalized spacial score (nSPS) is 35.6. The van der Waals surface area contributed by atoms with Crippen molar-refractivity contribution in [3.05, 3.63) is 34.4 Å². The second-order valence-corrected chi connectivity index (χ2v) is 7.47. The lowest BCUT2D eigenvalue weighted by Crippen LogP contribution is -2.13. The van der Waals surface area contributed by atoms with Crippen LogP contribution in [-0.2, 0) is 4.74 Å². The van der Waals surface area contributed by atoms with Crippen LogP contribution in [0.5, 0.6) is 0 Å². The molecule has 23 heavy (non-hydrogen) atoms. The van der Waals surface area contributed by atoms with E-state index in [1.54, 1.807) is 0 Å². The van der Waals surface area contributed by atoms with Crippen molar-refractivity contribution in [2.75, 3.05) is 6.61 Å². The van der Waals surface area contributed by atoms with Crippen molar-refractivity contribution in [2.45, 2.75) is 84.0 Å². The van der Waals surface area contributed by atoms with Gasteiger partial charge in [-0.25, -0.2) is 0 Å². The van der Waals surface area contributed by atoms with Gasteiger partial charge in [-0.3, -0.25) is 0 Å². The van der Waals surface area contributed by atoms with E-state index in [-0.39, 0.29) is 12.2 Å². The third-order valence-corrected chi connectivity index (χ3v) is 5.34. The number of hydrogen-bond donors (Lipinski definition) is 2. The Morgan fingerprint density at radius 3 is 2.70 bits per heavy atom. The fourth-order valence-corrected chi connectivity index (χ4v) is 3.44. The molecule has 0 saturated carbocycles. The lowest BCUT2D eigenvalue weighted by atomic mass is 9.92. The molecule has 0 radical (unpaired) electrons. The summed E-state index contributed by atoms with van der Waals surface area (Å²) in [5.41, 5.74) is 4.45. The molecule has 1 saturated heterocycles. The summed E-state index contributed by atoms with van der Waals surface area (Å²) in [5, 5.41) is 20.0. The number of allylic oxidation sites excluding steroid dienone is 3. The monoisotopic (exact) mass is 320 g/mol. The Bertz CT molecular complexity index is 515. The molecule has 2 rings (SSSR count). The number of rotatable bonds is 1. The second-order valence-electron chi connectivity index (χ2n) is 7.47. The lowest BCUT2D eigenvalue weighted by molar-refractivity contribution is 0.247. The van der Waals surface area contributed by atoms with E-state index in [9.17, 15) is 10.2 Å². The van der Waals surface area contributed by atoms with Crippen LogP contribution in [-0.4, -0.2) is 34.6 Å². The zero-order valence-corrected chi connectivity index (χ0v) is 15.1. The van der Waals surface area contributed by atoms with Gasteiger partial charge in [0.1, 0.15) is 0 Å². The SMILES string of the molecule is CC1=CCCC2(C)OC2CCC(C)=CC(O)C(=C(C)CO)CC1. The smallest absolute Gasteiger partial charge is 0.0937 e. The number of ether oxygens (including phenoxy) is 1. The maximum absolute atomic E-state index is 10.6. The van der Waals surface area contributed by atoms with E-state index in [0.29, 0.717) is 6.10 Å². The van der Waals surface area contributed by atoms with Crippen LogP contribution in [0.1, 0.15) is 66.2 Å². The van der Waals surface area contributed by atoms with E-state index in [4.69, 9.17) is 4.74 Å². The Balaban J connectivity index is 2.18. The number of epoxide rings is 1. The highest BCUT2D eigenvalue weighted by Gasteiger charge is 2.50. The van der Waals surface area contributed by atoms with Crippen LogP contribution in [0.4, 0.5) is 0 Å². The Morgan fingerprint density at radius 2 is 2.00 bits per heavy atom. The van der Waals surface area contributed by atoms with E-state index in [2.05, 4.69) is 26.8 Å². The van der Waals surface area contributed by atoms with Crippen LogP contribution in [0.2, 0.25) is 0 Å². The quantitative estimate of drug-likeness (QED) is 0.566. The van der Waals surface area contributed by atoms with Crippen molar-refractivity contribution in [1.82, 2.24) is 0 Å². The molecule has 3 unspecified atom stereocenters. The van der Waals surface area contributed by atoms with Gasteiger partial charge in [0.15, 0.2) is 0 Å². The fraction of sp³-hybridized carbons (Fsp3) is 0.700. The van der Waals surface area contributed by atoms with Gasteiger partial charge in [-0.2, -0.15) is 0 Å². The van der Waals surface area contributed by atoms with Crippen LogP contribution < -0.4 is 0 Å². The molecule has 0 bridgehead atoms. The molecule has 1 aliphatic heterocycles. The van der Waals surface area contributed by atoms with E-state index >= 15 is 0 Å². The molecule has 3 heteroatoms. The molecule has 0 aromatic heterocycles. The van der Waals surface area contributed by atoms with Crippen molar-refractivity contribution < 1.29 is 14.9 Å². The summed E-state index contributed by atoms with van der Waals surface area (Å²) in [6.07, 6.45) is 9.84. The third-order valence-electron chi connectivity index (χ3n) is 5.34. The largest absolute Gasteiger partial charge is 0.392 e. The van der Waals surface area contributed by atoms with E-state index < -0.39 is 6.10 Å². The molecule has 2 N–H and O–H groups in total. The molecule has 130 valence electrons. The first-order chi connectivity index (χ1) is 10.9. The predicted molar refractivity (Wildman–Crippen MR) is 94.3 cm³/mol. The first-order valence-electron chi connectivity index (χ1n) is 8.84. The molecule has 1 fully saturated rings. The van der Waals surface area contributed by atoms with Crippen LogP contribution in [0.15, 0.2) is 34.4 Å². The van der Waals surface area contributed by atoms with Gasteiger partial charge >= 0.3 is 0 Å². The van der Waals surface area contributed by atoms with E-state index in [1.165, 1.54) is 11.1 Å². The van der Waals surface area contributed by atoms with E-state index in [1.807, 2.05) is 13.0 Å². The van der Waals surface area contributed by atoms with Gasteiger partial charge in [-0.05, 0) is 77.4 Å². The van der Waals surface area contributed by atoms with Gasteiger partial charge in [-0.1, -0.05) is 23.3 Å². The second kappa shape index (κ2) is 7.78. The molecule has 0 aromatic carbocycles. The number of hydrogen-bond acceptors (Lipinski definition) is 3. The standard InChI is InChI=1S/C20H32O3/c1-14-6-5-11-20(4)19(23-20)10-8-15(2)12-18(22)17(9-7-14)16(3)13-21/h6,12,18-19,21-22H,5,7-11,13H2,1-4H3. The van der Waals surface area contributed by atoms with Crippen molar-refractivity contribution in [1.29, 1.82) is 0 Å². The molecule has 1 heterocycles. The average Bonchev–Trinajstić information content (AvgIpc) is 3.14. The van der Waals surface area contributed by atoms with Gasteiger partial charge in [0.2, 0.25) is 0 Å². The first-order valence-corrected chi connectivity index (χ1v) is 8.84. The van der Waals surface area contributed by atoms with Crippen molar-refractivity contribution in [3.63, 3.8) is 0 Å². The highest BCUT2D eigenvalue weighted by molar-refractivity contribution is 5.25. The molecule has 0 amide bonds. The third kappa shape index (κ3) is 5.03. The zero-order chi connectivity index (χ0) is 17.0. The Morgan fingerprint density at radius 1 is 1.26 bits per heavy atom. The predicted octanol–water partition coefficient (Wildman–Crippen LogP) is 4.06. The highest BCUT2D eigenvalue weighted by Crippen LogP contribution is 2.43. The van der Waals surface area contributed by atoms with Gasteiger partial charge in [0.25, 0.3) is 0 Å². The Kier molecular flexibility index (Phi) is 6.24. The maximum atomic E-state index is 10.6. The minimum absolute atomic E-state index is 0.0102. The summed E-state index contributed by atoms with van der Waals surface area (Å²) in [4.78, 5) is 0. The summed E-state index contributed by atoms with van der Waals surface area (Å²) in [6.45, 7) is 8.36. The number of fused-ring (bicyclic) bond motifs is 1. The molecule has 0 spiro atoms. The average molecular weight is 320 g/mol. The zero-order valence-electron chi connectivity index (χ0n) is 15.1. The number of aliphatic hydroxyl groups is 2. The Labute approximate surface area is 140 Å². The van der Waals surface area contributed by atoms with Crippen LogP contribution in [0.3, 0.4) is 0 Å². The number of aliphatic hydroxyl groups excluding tert-OH is 2. The molecular weight excluding hydrogens is 288 g/mol. The molecule has 3 atom stereocenters. The minimum atomic E-state index is -0.593. The fourth-order valence-electron chi connectivity index (χ4n) is 3.44. The first kappa shape index (κ1) is 18.4. The van der Waals surface area contributed by atoms with Crippen LogP contribution in [0, 0.1) is 0 Å².